The fraction of sp³-hybridized carbons (Fsp3) is 0.579. The van der Waals surface area contributed by atoms with E-state index in [1.165, 1.54) is 0 Å². The number of benzene rings is 1. The minimum atomic E-state index is -0.893. The summed E-state index contributed by atoms with van der Waals surface area (Å²) in [5.41, 5.74) is 0.856. The second kappa shape index (κ2) is 7.25. The Hall–Kier alpha value is -2.12. The molecule has 140 valence electrons. The Morgan fingerprint density at radius 3 is 2.19 bits per heavy atom. The highest BCUT2D eigenvalue weighted by Gasteiger charge is 2.58. The van der Waals surface area contributed by atoms with Gasteiger partial charge in [0.15, 0.2) is 0 Å². The minimum Gasteiger partial charge on any atom is -0.378 e. The second-order valence-electron chi connectivity index (χ2n) is 7.06. The van der Waals surface area contributed by atoms with Crippen LogP contribution in [0.1, 0.15) is 12.8 Å². The number of ether oxygens (including phenoxy) is 2. The molecule has 2 heterocycles. The first-order valence-electron chi connectivity index (χ1n) is 9.31. The van der Waals surface area contributed by atoms with Gasteiger partial charge in [-0.15, -0.1) is 0 Å². The topological polar surface area (TPSA) is 71.1 Å². The van der Waals surface area contributed by atoms with E-state index in [0.717, 1.165) is 24.5 Å². The lowest BCUT2D eigenvalue weighted by molar-refractivity contribution is -0.145. The molecular formula is C19H25N3O4. The van der Waals surface area contributed by atoms with Crippen LogP contribution in [0.5, 0.6) is 0 Å². The van der Waals surface area contributed by atoms with Crippen LogP contribution < -0.4 is 10.2 Å². The maximum absolute atomic E-state index is 13.0. The van der Waals surface area contributed by atoms with Gasteiger partial charge in [-0.3, -0.25) is 9.59 Å². The molecule has 1 aliphatic carbocycles. The van der Waals surface area contributed by atoms with Crippen molar-refractivity contribution in [2.24, 2.45) is 5.41 Å². The third kappa shape index (κ3) is 3.29. The Labute approximate surface area is 153 Å². The van der Waals surface area contributed by atoms with Crippen molar-refractivity contribution in [3.8, 4) is 0 Å². The monoisotopic (exact) mass is 359 g/mol. The molecule has 0 atom stereocenters. The van der Waals surface area contributed by atoms with Crippen molar-refractivity contribution in [2.45, 2.75) is 12.8 Å². The van der Waals surface area contributed by atoms with E-state index in [0.29, 0.717) is 52.4 Å². The maximum Gasteiger partial charge on any atom is 0.240 e. The quantitative estimate of drug-likeness (QED) is 0.816. The number of carbonyl (C=O) groups is 2. The molecule has 2 amide bonds. The first-order valence-corrected chi connectivity index (χ1v) is 9.31. The van der Waals surface area contributed by atoms with Crippen LogP contribution in [0.15, 0.2) is 24.3 Å². The summed E-state index contributed by atoms with van der Waals surface area (Å²) in [4.78, 5) is 29.8. The summed E-state index contributed by atoms with van der Waals surface area (Å²) in [5, 5.41) is 3.03. The summed E-state index contributed by atoms with van der Waals surface area (Å²) in [6.07, 6.45) is 1.24. The number of rotatable bonds is 4. The lowest BCUT2D eigenvalue weighted by atomic mass is 10.0. The molecule has 0 bridgehead atoms. The van der Waals surface area contributed by atoms with Gasteiger partial charge >= 0.3 is 0 Å². The molecule has 2 saturated heterocycles. The molecule has 26 heavy (non-hydrogen) atoms. The van der Waals surface area contributed by atoms with E-state index in [2.05, 4.69) is 10.2 Å². The van der Waals surface area contributed by atoms with Crippen LogP contribution in [-0.4, -0.2) is 69.3 Å². The molecule has 4 rings (SSSR count). The Bertz CT molecular complexity index is 677. The molecule has 0 aromatic heterocycles. The first kappa shape index (κ1) is 17.3. The van der Waals surface area contributed by atoms with Crippen molar-refractivity contribution in [1.29, 1.82) is 0 Å². The van der Waals surface area contributed by atoms with Gasteiger partial charge in [0.2, 0.25) is 11.8 Å². The molecule has 0 spiro atoms. The number of para-hydroxylation sites is 2. The zero-order valence-corrected chi connectivity index (χ0v) is 14.9. The van der Waals surface area contributed by atoms with Crippen molar-refractivity contribution in [1.82, 2.24) is 4.90 Å². The zero-order valence-electron chi connectivity index (χ0n) is 14.9. The molecular weight excluding hydrogens is 334 g/mol. The number of morpholine rings is 2. The standard InChI is InChI=1S/C19H25N3O4/c23-17(19(5-6-19)18(24)22-9-13-26-14-10-22)20-15-3-1-2-4-16(15)21-7-11-25-12-8-21/h1-4H,5-14H2,(H,20,23). The summed E-state index contributed by atoms with van der Waals surface area (Å²) in [7, 11) is 0. The Kier molecular flexibility index (Phi) is 4.82. The second-order valence-corrected chi connectivity index (χ2v) is 7.06. The molecule has 1 saturated carbocycles. The maximum atomic E-state index is 13.0. The van der Waals surface area contributed by atoms with Gasteiger partial charge in [0.25, 0.3) is 0 Å². The smallest absolute Gasteiger partial charge is 0.240 e. The highest BCUT2D eigenvalue weighted by Crippen LogP contribution is 2.48. The highest BCUT2D eigenvalue weighted by atomic mass is 16.5. The summed E-state index contributed by atoms with van der Waals surface area (Å²) in [5.74, 6) is -0.239. The van der Waals surface area contributed by atoms with E-state index in [-0.39, 0.29) is 11.8 Å². The molecule has 0 unspecified atom stereocenters. The van der Waals surface area contributed by atoms with Crippen LogP contribution in [0, 0.1) is 5.41 Å². The molecule has 0 radical (unpaired) electrons. The van der Waals surface area contributed by atoms with Gasteiger partial charge < -0.3 is 24.6 Å². The van der Waals surface area contributed by atoms with Crippen LogP contribution in [-0.2, 0) is 19.1 Å². The van der Waals surface area contributed by atoms with Gasteiger partial charge in [-0.05, 0) is 25.0 Å². The van der Waals surface area contributed by atoms with E-state index in [1.54, 1.807) is 4.90 Å². The van der Waals surface area contributed by atoms with Gasteiger partial charge in [0, 0.05) is 26.2 Å². The fourth-order valence-corrected chi connectivity index (χ4v) is 3.63. The number of nitrogens with zero attached hydrogens (tertiary/aromatic N) is 2. The fourth-order valence-electron chi connectivity index (χ4n) is 3.63. The third-order valence-corrected chi connectivity index (χ3v) is 5.40. The van der Waals surface area contributed by atoms with E-state index >= 15 is 0 Å². The van der Waals surface area contributed by atoms with Gasteiger partial charge in [0.1, 0.15) is 5.41 Å². The number of amides is 2. The number of anilines is 2. The van der Waals surface area contributed by atoms with Crippen LogP contribution in [0.25, 0.3) is 0 Å². The van der Waals surface area contributed by atoms with E-state index in [9.17, 15) is 9.59 Å². The van der Waals surface area contributed by atoms with Crippen LogP contribution in [0.3, 0.4) is 0 Å². The van der Waals surface area contributed by atoms with Crippen LogP contribution in [0.2, 0.25) is 0 Å². The first-order chi connectivity index (χ1) is 12.7. The van der Waals surface area contributed by atoms with Crippen molar-refractivity contribution in [3.63, 3.8) is 0 Å². The van der Waals surface area contributed by atoms with Crippen molar-refractivity contribution < 1.29 is 19.1 Å². The Morgan fingerprint density at radius 2 is 1.54 bits per heavy atom. The number of nitrogens with one attached hydrogen (secondary N) is 1. The number of hydrogen-bond acceptors (Lipinski definition) is 5. The lowest BCUT2D eigenvalue weighted by Gasteiger charge is -2.32. The number of hydrogen-bond donors (Lipinski definition) is 1. The molecule has 1 aromatic carbocycles. The summed E-state index contributed by atoms with van der Waals surface area (Å²) in [6, 6.07) is 7.78. The van der Waals surface area contributed by atoms with Crippen molar-refractivity contribution >= 4 is 23.2 Å². The largest absolute Gasteiger partial charge is 0.378 e. The minimum absolute atomic E-state index is 0.0536. The average molecular weight is 359 g/mol. The average Bonchev–Trinajstić information content (AvgIpc) is 3.51. The normalized spacial score (nSPS) is 22.0. The van der Waals surface area contributed by atoms with Gasteiger partial charge in [-0.25, -0.2) is 0 Å². The number of carbonyl (C=O) groups excluding carboxylic acids is 2. The molecule has 7 heteroatoms. The lowest BCUT2D eigenvalue weighted by Crippen LogP contribution is -2.47. The SMILES string of the molecule is O=C(Nc1ccccc1N1CCOCC1)C1(C(=O)N2CCOCC2)CC1. The van der Waals surface area contributed by atoms with Crippen molar-refractivity contribution in [3.05, 3.63) is 24.3 Å². The summed E-state index contributed by atoms with van der Waals surface area (Å²) >= 11 is 0. The van der Waals surface area contributed by atoms with Crippen LogP contribution in [0.4, 0.5) is 11.4 Å². The summed E-state index contributed by atoms with van der Waals surface area (Å²) in [6.45, 7) is 5.18. The van der Waals surface area contributed by atoms with E-state index < -0.39 is 5.41 Å². The van der Waals surface area contributed by atoms with E-state index in [1.807, 2.05) is 24.3 Å². The van der Waals surface area contributed by atoms with Gasteiger partial charge in [-0.1, -0.05) is 12.1 Å². The predicted octanol–water partition coefficient (Wildman–Crippen LogP) is 1.10. The van der Waals surface area contributed by atoms with Gasteiger partial charge in [0.05, 0.1) is 37.8 Å². The van der Waals surface area contributed by atoms with Crippen molar-refractivity contribution in [2.75, 3.05) is 62.8 Å². The molecule has 3 aliphatic rings. The molecule has 1 N–H and O–H groups in total. The molecule has 7 nitrogen and oxygen atoms in total. The molecule has 1 aromatic rings. The van der Waals surface area contributed by atoms with Gasteiger partial charge in [-0.2, -0.15) is 0 Å². The van der Waals surface area contributed by atoms with E-state index in [4.69, 9.17) is 9.47 Å². The highest BCUT2D eigenvalue weighted by molar-refractivity contribution is 6.13. The molecule has 2 aliphatic heterocycles. The third-order valence-electron chi connectivity index (χ3n) is 5.40. The zero-order chi connectivity index (χ0) is 18.0. The summed E-state index contributed by atoms with van der Waals surface area (Å²) < 4.78 is 10.7. The van der Waals surface area contributed by atoms with Crippen LogP contribution >= 0.6 is 0 Å². The Morgan fingerprint density at radius 1 is 0.923 bits per heavy atom. The molecule has 3 fully saturated rings. The Balaban J connectivity index is 1.49. The predicted molar refractivity (Wildman–Crippen MR) is 97.2 cm³/mol.